The van der Waals surface area contributed by atoms with Gasteiger partial charge in [0.25, 0.3) is 5.91 Å². The van der Waals surface area contributed by atoms with Crippen molar-refractivity contribution >= 4 is 28.9 Å². The number of aromatic amines is 1. The zero-order valence-corrected chi connectivity index (χ0v) is 13.4. The molecule has 0 aliphatic heterocycles. The minimum atomic E-state index is -1.24. The molecule has 1 heterocycles. The van der Waals surface area contributed by atoms with Gasteiger partial charge in [-0.05, 0) is 6.92 Å². The van der Waals surface area contributed by atoms with E-state index in [1.165, 1.54) is 26.4 Å². The van der Waals surface area contributed by atoms with Crippen molar-refractivity contribution in [2.24, 2.45) is 0 Å². The van der Waals surface area contributed by atoms with Gasteiger partial charge < -0.3 is 24.9 Å². The number of thiazole rings is 1. The van der Waals surface area contributed by atoms with Crippen LogP contribution in [0.15, 0.2) is 16.9 Å². The van der Waals surface area contributed by atoms with E-state index in [1.54, 1.807) is 6.92 Å². The third kappa shape index (κ3) is 3.34. The van der Waals surface area contributed by atoms with E-state index in [-0.39, 0.29) is 32.5 Å². The number of carbonyl (C=O) groups is 2. The Morgan fingerprint density at radius 1 is 1.22 bits per heavy atom. The molecule has 0 spiro atoms. The van der Waals surface area contributed by atoms with Crippen molar-refractivity contribution in [1.29, 1.82) is 0 Å². The highest BCUT2D eigenvalue weighted by atomic mass is 32.1. The van der Waals surface area contributed by atoms with E-state index in [1.807, 2.05) is 0 Å². The van der Waals surface area contributed by atoms with Gasteiger partial charge in [0.1, 0.15) is 4.88 Å². The Morgan fingerprint density at radius 3 is 2.30 bits per heavy atom. The summed E-state index contributed by atoms with van der Waals surface area (Å²) in [5, 5.41) is 11.8. The number of ether oxygens (including phenoxy) is 2. The Balaban J connectivity index is 2.45. The number of benzene rings is 1. The first-order valence-electron chi connectivity index (χ1n) is 6.37. The van der Waals surface area contributed by atoms with Crippen LogP contribution in [0.5, 0.6) is 11.5 Å². The molecular weight excluding hydrogens is 324 g/mol. The van der Waals surface area contributed by atoms with Crippen LogP contribution in [-0.4, -0.2) is 36.2 Å². The minimum absolute atomic E-state index is 0.0420. The molecule has 2 rings (SSSR count). The fourth-order valence-corrected chi connectivity index (χ4v) is 2.70. The summed E-state index contributed by atoms with van der Waals surface area (Å²) >= 11 is 0.747. The van der Waals surface area contributed by atoms with Crippen molar-refractivity contribution in [3.05, 3.63) is 37.9 Å². The maximum absolute atomic E-state index is 12.3. The monoisotopic (exact) mass is 338 g/mol. The molecule has 1 aromatic heterocycles. The zero-order chi connectivity index (χ0) is 17.1. The largest absolute Gasteiger partial charge is 0.493 e. The average Bonchev–Trinajstić information content (AvgIpc) is 2.85. The standard InChI is InChI=1S/C14H14N2O6S/c1-6-11(23-14(20)15-6)12(17)16-8-5-10(22-3)9(21-2)4-7(8)13(18)19/h4-5H,1-3H3,(H,15,20)(H,16,17)(H,18,19). The Labute approximate surface area is 134 Å². The molecule has 1 aromatic carbocycles. The highest BCUT2D eigenvalue weighted by Gasteiger charge is 2.20. The Kier molecular flexibility index (Phi) is 4.70. The first kappa shape index (κ1) is 16.6. The van der Waals surface area contributed by atoms with Crippen LogP contribution >= 0.6 is 11.3 Å². The van der Waals surface area contributed by atoms with Crippen LogP contribution in [0.2, 0.25) is 0 Å². The molecule has 0 saturated heterocycles. The van der Waals surface area contributed by atoms with E-state index in [2.05, 4.69) is 10.3 Å². The summed E-state index contributed by atoms with van der Waals surface area (Å²) in [5.41, 5.74) is 0.298. The molecule has 8 nitrogen and oxygen atoms in total. The average molecular weight is 338 g/mol. The van der Waals surface area contributed by atoms with E-state index in [0.29, 0.717) is 5.69 Å². The first-order valence-corrected chi connectivity index (χ1v) is 7.19. The zero-order valence-electron chi connectivity index (χ0n) is 12.6. The number of hydrogen-bond donors (Lipinski definition) is 3. The number of carboxylic acid groups (broad SMARTS) is 1. The molecule has 0 aliphatic rings. The molecular formula is C14H14N2O6S. The number of amides is 1. The summed E-state index contributed by atoms with van der Waals surface area (Å²) < 4.78 is 10.2. The van der Waals surface area contributed by atoms with Gasteiger partial charge in [-0.3, -0.25) is 9.59 Å². The third-order valence-corrected chi connectivity index (χ3v) is 4.02. The lowest BCUT2D eigenvalue weighted by molar-refractivity contribution is 0.0697. The van der Waals surface area contributed by atoms with Gasteiger partial charge in [0, 0.05) is 17.8 Å². The topological polar surface area (TPSA) is 118 Å². The van der Waals surface area contributed by atoms with Gasteiger partial charge in [0.2, 0.25) is 0 Å². The third-order valence-electron chi connectivity index (χ3n) is 3.03. The molecule has 0 bridgehead atoms. The summed E-state index contributed by atoms with van der Waals surface area (Å²) in [6, 6.07) is 2.61. The molecule has 3 N–H and O–H groups in total. The predicted molar refractivity (Wildman–Crippen MR) is 84.1 cm³/mol. The number of methoxy groups -OCH3 is 2. The van der Waals surface area contributed by atoms with Crippen molar-refractivity contribution in [3.63, 3.8) is 0 Å². The molecule has 0 unspecified atom stereocenters. The molecule has 0 aliphatic carbocycles. The second kappa shape index (κ2) is 6.53. The Hall–Kier alpha value is -2.81. The maximum Gasteiger partial charge on any atom is 0.337 e. The number of anilines is 1. The number of aromatic nitrogens is 1. The van der Waals surface area contributed by atoms with Crippen LogP contribution in [0.25, 0.3) is 0 Å². The number of hydrogen-bond acceptors (Lipinski definition) is 6. The smallest absolute Gasteiger partial charge is 0.337 e. The molecule has 1 amide bonds. The fraction of sp³-hybridized carbons (Fsp3) is 0.214. The normalized spacial score (nSPS) is 10.2. The van der Waals surface area contributed by atoms with Crippen molar-refractivity contribution in [3.8, 4) is 11.5 Å². The van der Waals surface area contributed by atoms with Crippen molar-refractivity contribution < 1.29 is 24.2 Å². The summed E-state index contributed by atoms with van der Waals surface area (Å²) in [6.07, 6.45) is 0. The van der Waals surface area contributed by atoms with Crippen LogP contribution in [0.3, 0.4) is 0 Å². The summed E-state index contributed by atoms with van der Waals surface area (Å²) in [7, 11) is 2.77. The number of aromatic carboxylic acids is 1. The van der Waals surface area contributed by atoms with Gasteiger partial charge in [0.15, 0.2) is 11.5 Å². The quantitative estimate of drug-likeness (QED) is 0.764. The molecule has 122 valence electrons. The summed E-state index contributed by atoms with van der Waals surface area (Å²) in [6.45, 7) is 1.58. The van der Waals surface area contributed by atoms with E-state index in [9.17, 15) is 19.5 Å². The minimum Gasteiger partial charge on any atom is -0.493 e. The molecule has 0 fully saturated rings. The van der Waals surface area contributed by atoms with Gasteiger partial charge >= 0.3 is 10.8 Å². The number of carbonyl (C=O) groups excluding carboxylic acids is 1. The number of H-pyrrole nitrogens is 1. The van der Waals surface area contributed by atoms with Crippen molar-refractivity contribution in [2.45, 2.75) is 6.92 Å². The van der Waals surface area contributed by atoms with Crippen LogP contribution in [0.1, 0.15) is 25.7 Å². The molecule has 2 aromatic rings. The van der Waals surface area contributed by atoms with E-state index in [0.717, 1.165) is 11.3 Å². The first-order chi connectivity index (χ1) is 10.9. The highest BCUT2D eigenvalue weighted by molar-refractivity contribution is 7.11. The van der Waals surface area contributed by atoms with Gasteiger partial charge in [-0.2, -0.15) is 0 Å². The van der Waals surface area contributed by atoms with Gasteiger partial charge in [-0.1, -0.05) is 11.3 Å². The van der Waals surface area contributed by atoms with E-state index >= 15 is 0 Å². The number of nitrogens with one attached hydrogen (secondary N) is 2. The molecule has 0 radical (unpaired) electrons. The Bertz CT molecular complexity index is 823. The summed E-state index contributed by atoms with van der Waals surface area (Å²) in [4.78, 5) is 37.2. The maximum atomic E-state index is 12.3. The lowest BCUT2D eigenvalue weighted by atomic mass is 10.1. The second-order valence-electron chi connectivity index (χ2n) is 4.48. The second-order valence-corrected chi connectivity index (χ2v) is 5.46. The van der Waals surface area contributed by atoms with Crippen LogP contribution in [0.4, 0.5) is 5.69 Å². The highest BCUT2D eigenvalue weighted by Crippen LogP contribution is 2.33. The predicted octanol–water partition coefficient (Wildman–Crippen LogP) is 1.71. The molecule has 0 atom stereocenters. The molecule has 9 heteroatoms. The Morgan fingerprint density at radius 2 is 1.83 bits per heavy atom. The molecule has 23 heavy (non-hydrogen) atoms. The van der Waals surface area contributed by atoms with Crippen LogP contribution in [-0.2, 0) is 0 Å². The van der Waals surface area contributed by atoms with Gasteiger partial charge in [-0.25, -0.2) is 4.79 Å². The van der Waals surface area contributed by atoms with Crippen molar-refractivity contribution in [1.82, 2.24) is 4.98 Å². The SMILES string of the molecule is COc1cc(NC(=O)c2sc(=O)[nH]c2C)c(C(=O)O)cc1OC. The fourth-order valence-electron chi connectivity index (χ4n) is 1.96. The molecule has 0 saturated carbocycles. The van der Waals surface area contributed by atoms with Crippen molar-refractivity contribution in [2.75, 3.05) is 19.5 Å². The summed E-state index contributed by atoms with van der Waals surface area (Å²) in [5.74, 6) is -1.32. The van der Waals surface area contributed by atoms with Crippen LogP contribution in [0, 0.1) is 6.92 Å². The lowest BCUT2D eigenvalue weighted by Crippen LogP contribution is -2.15. The number of aryl methyl sites for hydroxylation is 1. The van der Waals surface area contributed by atoms with E-state index < -0.39 is 11.9 Å². The van der Waals surface area contributed by atoms with E-state index in [4.69, 9.17) is 9.47 Å². The number of carboxylic acids is 1. The number of rotatable bonds is 5. The van der Waals surface area contributed by atoms with Gasteiger partial charge in [0.05, 0.1) is 25.5 Å². The van der Waals surface area contributed by atoms with Crippen LogP contribution < -0.4 is 19.7 Å². The van der Waals surface area contributed by atoms with Gasteiger partial charge in [-0.15, -0.1) is 0 Å². The lowest BCUT2D eigenvalue weighted by Gasteiger charge is -2.13.